The molecule has 0 unspecified atom stereocenters. The van der Waals surface area contributed by atoms with E-state index in [1.165, 1.54) is 19.3 Å². The van der Waals surface area contributed by atoms with Crippen LogP contribution < -0.4 is 5.32 Å². The van der Waals surface area contributed by atoms with Crippen LogP contribution in [0.2, 0.25) is 0 Å². The fraction of sp³-hybridized carbons (Fsp3) is 0.818. The summed E-state index contributed by atoms with van der Waals surface area (Å²) in [5.41, 5.74) is 0. The lowest BCUT2D eigenvalue weighted by Crippen LogP contribution is -2.28. The van der Waals surface area contributed by atoms with Crippen LogP contribution in [0.3, 0.4) is 0 Å². The van der Waals surface area contributed by atoms with Gasteiger partial charge in [-0.3, -0.25) is 4.79 Å². The first kappa shape index (κ1) is 13.0. The maximum absolute atomic E-state index is 11.3. The number of hydrogen-bond donors (Lipinski definition) is 2. The fourth-order valence-corrected chi connectivity index (χ4v) is 1.63. The summed E-state index contributed by atoms with van der Waals surface area (Å²) < 4.78 is 4.79. The summed E-state index contributed by atoms with van der Waals surface area (Å²) in [5.74, 6) is -0.212. The molecule has 5 heteroatoms. The standard InChI is InChI=1S/C11H19NO4/c13-10(5-4-9-2-1-3-9)12-6-7-16-8-11(14)15/h9H,1-8H2,(H,12,13)(H,14,15). The van der Waals surface area contributed by atoms with Gasteiger partial charge in [0, 0.05) is 13.0 Å². The molecule has 2 N–H and O–H groups in total. The molecule has 0 aromatic heterocycles. The Labute approximate surface area is 95.2 Å². The molecule has 0 spiro atoms. The van der Waals surface area contributed by atoms with Crippen molar-refractivity contribution < 1.29 is 19.4 Å². The molecule has 1 rings (SSSR count). The normalized spacial score (nSPS) is 15.5. The molecular formula is C11H19NO4. The van der Waals surface area contributed by atoms with Crippen molar-refractivity contribution in [2.24, 2.45) is 5.92 Å². The van der Waals surface area contributed by atoms with E-state index in [1.807, 2.05) is 0 Å². The second-order valence-electron chi connectivity index (χ2n) is 4.13. The summed E-state index contributed by atoms with van der Waals surface area (Å²) in [4.78, 5) is 21.4. The van der Waals surface area contributed by atoms with Crippen molar-refractivity contribution in [2.75, 3.05) is 19.8 Å². The summed E-state index contributed by atoms with van der Waals surface area (Å²) in [6.45, 7) is 0.330. The molecule has 0 aromatic carbocycles. The van der Waals surface area contributed by atoms with Crippen molar-refractivity contribution in [3.8, 4) is 0 Å². The highest BCUT2D eigenvalue weighted by Gasteiger charge is 2.17. The lowest BCUT2D eigenvalue weighted by Gasteiger charge is -2.24. The molecule has 0 atom stereocenters. The second kappa shape index (κ2) is 7.22. The summed E-state index contributed by atoms with van der Waals surface area (Å²) in [6.07, 6.45) is 5.37. The molecule has 1 aliphatic carbocycles. The van der Waals surface area contributed by atoms with E-state index < -0.39 is 5.97 Å². The average molecular weight is 229 g/mol. The van der Waals surface area contributed by atoms with E-state index in [0.29, 0.717) is 13.0 Å². The maximum atomic E-state index is 11.3. The van der Waals surface area contributed by atoms with Crippen molar-refractivity contribution in [1.82, 2.24) is 5.32 Å². The summed E-state index contributed by atoms with van der Waals surface area (Å²) in [7, 11) is 0. The van der Waals surface area contributed by atoms with Gasteiger partial charge >= 0.3 is 5.97 Å². The number of amides is 1. The monoisotopic (exact) mass is 229 g/mol. The zero-order chi connectivity index (χ0) is 11.8. The van der Waals surface area contributed by atoms with E-state index in [9.17, 15) is 9.59 Å². The lowest BCUT2D eigenvalue weighted by molar-refractivity contribution is -0.142. The Morgan fingerprint density at radius 1 is 1.38 bits per heavy atom. The molecule has 0 radical (unpaired) electrons. The highest BCUT2D eigenvalue weighted by Crippen LogP contribution is 2.30. The number of aliphatic carboxylic acids is 1. The van der Waals surface area contributed by atoms with Gasteiger partial charge in [0.1, 0.15) is 6.61 Å². The Bertz CT molecular complexity index is 238. The Hall–Kier alpha value is -1.10. The minimum absolute atomic E-state index is 0.0332. The van der Waals surface area contributed by atoms with Gasteiger partial charge in [-0.2, -0.15) is 0 Å². The van der Waals surface area contributed by atoms with Gasteiger partial charge in [-0.05, 0) is 12.3 Å². The number of rotatable bonds is 8. The Balaban J connectivity index is 1.87. The topological polar surface area (TPSA) is 75.6 Å². The molecule has 1 saturated carbocycles. The summed E-state index contributed by atoms with van der Waals surface area (Å²) >= 11 is 0. The first-order valence-electron chi connectivity index (χ1n) is 5.74. The number of carboxylic acids is 1. The van der Waals surface area contributed by atoms with E-state index in [2.05, 4.69) is 5.32 Å². The number of nitrogens with one attached hydrogen (secondary N) is 1. The van der Waals surface area contributed by atoms with Crippen molar-refractivity contribution in [3.63, 3.8) is 0 Å². The van der Waals surface area contributed by atoms with Crippen LogP contribution in [0.25, 0.3) is 0 Å². The smallest absolute Gasteiger partial charge is 0.329 e. The van der Waals surface area contributed by atoms with Gasteiger partial charge in [-0.1, -0.05) is 19.3 Å². The SMILES string of the molecule is O=C(O)COCCNC(=O)CCC1CCC1. The number of ether oxygens (including phenoxy) is 1. The number of hydrogen-bond acceptors (Lipinski definition) is 3. The first-order valence-corrected chi connectivity index (χ1v) is 5.74. The number of carboxylic acid groups (broad SMARTS) is 1. The molecule has 0 heterocycles. The van der Waals surface area contributed by atoms with Gasteiger partial charge in [0.2, 0.25) is 5.91 Å². The van der Waals surface area contributed by atoms with E-state index in [1.54, 1.807) is 0 Å². The molecule has 1 amide bonds. The molecule has 92 valence electrons. The largest absolute Gasteiger partial charge is 0.480 e. The summed E-state index contributed by atoms with van der Waals surface area (Å²) in [6, 6.07) is 0. The number of carbonyl (C=O) groups excluding carboxylic acids is 1. The van der Waals surface area contributed by atoms with Gasteiger partial charge in [0.05, 0.1) is 6.61 Å². The molecule has 5 nitrogen and oxygen atoms in total. The highest BCUT2D eigenvalue weighted by molar-refractivity contribution is 5.75. The van der Waals surface area contributed by atoms with E-state index in [-0.39, 0.29) is 19.1 Å². The molecule has 16 heavy (non-hydrogen) atoms. The van der Waals surface area contributed by atoms with Crippen LogP contribution in [0.4, 0.5) is 0 Å². The van der Waals surface area contributed by atoms with Crippen molar-refractivity contribution >= 4 is 11.9 Å². The van der Waals surface area contributed by atoms with Crippen LogP contribution in [0.5, 0.6) is 0 Å². The maximum Gasteiger partial charge on any atom is 0.329 e. The lowest BCUT2D eigenvalue weighted by atomic mass is 9.82. The Kier molecular flexibility index (Phi) is 5.85. The zero-order valence-corrected chi connectivity index (χ0v) is 9.41. The van der Waals surface area contributed by atoms with E-state index in [0.717, 1.165) is 12.3 Å². The molecule has 1 aliphatic rings. The third-order valence-corrected chi connectivity index (χ3v) is 2.80. The first-order chi connectivity index (χ1) is 7.68. The third-order valence-electron chi connectivity index (χ3n) is 2.80. The van der Waals surface area contributed by atoms with E-state index >= 15 is 0 Å². The van der Waals surface area contributed by atoms with Crippen LogP contribution in [0.15, 0.2) is 0 Å². The Morgan fingerprint density at radius 2 is 2.12 bits per heavy atom. The second-order valence-corrected chi connectivity index (χ2v) is 4.13. The molecule has 0 aliphatic heterocycles. The highest BCUT2D eigenvalue weighted by atomic mass is 16.5. The van der Waals surface area contributed by atoms with Gasteiger partial charge in [-0.15, -0.1) is 0 Å². The van der Waals surface area contributed by atoms with Crippen LogP contribution in [0, 0.1) is 5.92 Å². The fourth-order valence-electron chi connectivity index (χ4n) is 1.63. The van der Waals surface area contributed by atoms with Gasteiger partial charge in [-0.25, -0.2) is 4.79 Å². The minimum Gasteiger partial charge on any atom is -0.480 e. The minimum atomic E-state index is -0.990. The van der Waals surface area contributed by atoms with Crippen molar-refractivity contribution in [2.45, 2.75) is 32.1 Å². The van der Waals surface area contributed by atoms with Gasteiger partial charge in [0.25, 0.3) is 0 Å². The van der Waals surface area contributed by atoms with Gasteiger partial charge < -0.3 is 15.2 Å². The molecule has 1 fully saturated rings. The van der Waals surface area contributed by atoms with Crippen LogP contribution in [-0.2, 0) is 14.3 Å². The summed E-state index contributed by atoms with van der Waals surface area (Å²) in [5, 5.41) is 11.0. The van der Waals surface area contributed by atoms with Gasteiger partial charge in [0.15, 0.2) is 0 Å². The van der Waals surface area contributed by atoms with Crippen LogP contribution in [0.1, 0.15) is 32.1 Å². The third kappa shape index (κ3) is 5.70. The molecular weight excluding hydrogens is 210 g/mol. The zero-order valence-electron chi connectivity index (χ0n) is 9.41. The van der Waals surface area contributed by atoms with Crippen molar-refractivity contribution in [3.05, 3.63) is 0 Å². The predicted molar refractivity (Wildman–Crippen MR) is 58.0 cm³/mol. The van der Waals surface area contributed by atoms with Crippen molar-refractivity contribution in [1.29, 1.82) is 0 Å². The molecule has 0 bridgehead atoms. The number of carbonyl (C=O) groups is 2. The average Bonchev–Trinajstić information content (AvgIpc) is 2.14. The van der Waals surface area contributed by atoms with Crippen LogP contribution >= 0.6 is 0 Å². The Morgan fingerprint density at radius 3 is 2.69 bits per heavy atom. The van der Waals surface area contributed by atoms with Crippen LogP contribution in [-0.4, -0.2) is 36.7 Å². The quantitative estimate of drug-likeness (QED) is 0.603. The molecule has 0 saturated heterocycles. The predicted octanol–water partition coefficient (Wildman–Crippen LogP) is 0.784. The van der Waals surface area contributed by atoms with E-state index in [4.69, 9.17) is 9.84 Å². The molecule has 0 aromatic rings.